The van der Waals surface area contributed by atoms with E-state index in [9.17, 15) is 14.7 Å². The number of carbonyl (C=O) groups excluding carboxylic acids is 2. The van der Waals surface area contributed by atoms with Gasteiger partial charge in [0.25, 0.3) is 5.91 Å². The molecule has 1 N–H and O–H groups in total. The van der Waals surface area contributed by atoms with Gasteiger partial charge >= 0.3 is 0 Å². The molecule has 3 rings (SSSR count). The molecular formula is C16H20N2O3. The molecule has 0 spiro atoms. The van der Waals surface area contributed by atoms with E-state index in [0.717, 1.165) is 31.5 Å². The summed E-state index contributed by atoms with van der Waals surface area (Å²) in [4.78, 5) is 27.9. The molecule has 0 aliphatic carbocycles. The number of benzene rings is 1. The number of aliphatic hydroxyl groups is 1. The van der Waals surface area contributed by atoms with Crippen molar-refractivity contribution < 1.29 is 14.7 Å². The molecule has 1 atom stereocenters. The zero-order chi connectivity index (χ0) is 14.8. The quantitative estimate of drug-likeness (QED) is 0.915. The maximum atomic E-state index is 12.6. The average molecular weight is 288 g/mol. The first-order chi connectivity index (χ1) is 10.2. The molecule has 0 unspecified atom stereocenters. The Morgan fingerprint density at radius 2 is 2.14 bits per heavy atom. The first-order valence-electron chi connectivity index (χ1n) is 7.53. The fourth-order valence-corrected chi connectivity index (χ4v) is 3.19. The summed E-state index contributed by atoms with van der Waals surface area (Å²) >= 11 is 0. The lowest BCUT2D eigenvalue weighted by Gasteiger charge is -2.24. The van der Waals surface area contributed by atoms with Crippen LogP contribution in [-0.2, 0) is 4.79 Å². The number of hydrogen-bond donors (Lipinski definition) is 1. The first-order valence-corrected chi connectivity index (χ1v) is 7.53. The van der Waals surface area contributed by atoms with Gasteiger partial charge in [-0.3, -0.25) is 9.59 Å². The monoisotopic (exact) mass is 288 g/mol. The van der Waals surface area contributed by atoms with Crippen LogP contribution in [-0.4, -0.2) is 47.6 Å². The van der Waals surface area contributed by atoms with Crippen molar-refractivity contribution in [2.24, 2.45) is 0 Å². The molecular weight excluding hydrogens is 268 g/mol. The molecule has 112 valence electrons. The van der Waals surface area contributed by atoms with Gasteiger partial charge in [0, 0.05) is 30.8 Å². The molecule has 0 bridgehead atoms. The van der Waals surface area contributed by atoms with E-state index in [0.29, 0.717) is 18.5 Å². The first kappa shape index (κ1) is 14.1. The number of nitrogens with zero attached hydrogens (tertiary/aromatic N) is 2. The van der Waals surface area contributed by atoms with Crippen molar-refractivity contribution in [2.75, 3.05) is 24.6 Å². The molecule has 1 aromatic rings. The predicted octanol–water partition coefficient (Wildman–Crippen LogP) is 1.41. The van der Waals surface area contributed by atoms with Crippen molar-refractivity contribution in [2.45, 2.75) is 31.7 Å². The Bertz CT molecular complexity index is 558. The van der Waals surface area contributed by atoms with E-state index in [1.807, 2.05) is 12.1 Å². The van der Waals surface area contributed by atoms with Gasteiger partial charge in [0.1, 0.15) is 0 Å². The van der Waals surface area contributed by atoms with Crippen LogP contribution in [0.4, 0.5) is 5.69 Å². The van der Waals surface area contributed by atoms with Crippen LogP contribution in [0.2, 0.25) is 0 Å². The van der Waals surface area contributed by atoms with Crippen molar-refractivity contribution >= 4 is 17.5 Å². The number of aliphatic hydroxyl groups excluding tert-OH is 1. The lowest BCUT2D eigenvalue weighted by atomic mass is 10.1. The Balaban J connectivity index is 1.82. The minimum absolute atomic E-state index is 0.00996. The van der Waals surface area contributed by atoms with E-state index >= 15 is 0 Å². The van der Waals surface area contributed by atoms with Crippen LogP contribution in [0.5, 0.6) is 0 Å². The average Bonchev–Trinajstić information content (AvgIpc) is 3.15. The Kier molecular flexibility index (Phi) is 3.92. The maximum Gasteiger partial charge on any atom is 0.254 e. The number of anilines is 1. The summed E-state index contributed by atoms with van der Waals surface area (Å²) in [6.45, 7) is 1.42. The molecule has 0 aromatic heterocycles. The van der Waals surface area contributed by atoms with Crippen LogP contribution in [0.3, 0.4) is 0 Å². The Hall–Kier alpha value is -1.88. The standard InChI is InChI=1S/C16H20N2O3/c19-11-14-6-2-9-18(14)16(21)12-4-1-5-13(10-12)17-8-3-7-15(17)20/h1,4-5,10,14,19H,2-3,6-9,11H2/t14-/m1/s1. The zero-order valence-electron chi connectivity index (χ0n) is 12.0. The Morgan fingerprint density at radius 1 is 1.29 bits per heavy atom. The van der Waals surface area contributed by atoms with Crippen molar-refractivity contribution in [3.8, 4) is 0 Å². The predicted molar refractivity (Wildman–Crippen MR) is 79.2 cm³/mol. The molecule has 1 aromatic carbocycles. The molecule has 0 radical (unpaired) electrons. The molecule has 2 heterocycles. The van der Waals surface area contributed by atoms with E-state index in [4.69, 9.17) is 0 Å². The van der Waals surface area contributed by atoms with Crippen molar-refractivity contribution in [1.29, 1.82) is 0 Å². The summed E-state index contributed by atoms with van der Waals surface area (Å²) in [7, 11) is 0. The molecule has 0 saturated carbocycles. The van der Waals surface area contributed by atoms with E-state index in [-0.39, 0.29) is 24.5 Å². The van der Waals surface area contributed by atoms with E-state index in [2.05, 4.69) is 0 Å². The minimum Gasteiger partial charge on any atom is -0.394 e. The molecule has 21 heavy (non-hydrogen) atoms. The van der Waals surface area contributed by atoms with Gasteiger partial charge in [0.2, 0.25) is 5.91 Å². The molecule has 2 amide bonds. The summed E-state index contributed by atoms with van der Waals surface area (Å²) in [6.07, 6.45) is 3.24. The van der Waals surface area contributed by atoms with E-state index in [1.165, 1.54) is 0 Å². The molecule has 2 aliphatic rings. The lowest BCUT2D eigenvalue weighted by Crippen LogP contribution is -2.37. The summed E-state index contributed by atoms with van der Waals surface area (Å²) in [6, 6.07) is 7.18. The molecule has 5 heteroatoms. The van der Waals surface area contributed by atoms with Crippen LogP contribution >= 0.6 is 0 Å². The molecule has 5 nitrogen and oxygen atoms in total. The normalized spacial score (nSPS) is 22.1. The van der Waals surface area contributed by atoms with Crippen LogP contribution < -0.4 is 4.90 Å². The van der Waals surface area contributed by atoms with E-state index < -0.39 is 0 Å². The van der Waals surface area contributed by atoms with Gasteiger partial charge in [0.15, 0.2) is 0 Å². The van der Waals surface area contributed by atoms with Gasteiger partial charge in [-0.25, -0.2) is 0 Å². The number of carbonyl (C=O) groups is 2. The van der Waals surface area contributed by atoms with Crippen LogP contribution in [0.25, 0.3) is 0 Å². The largest absolute Gasteiger partial charge is 0.394 e. The van der Waals surface area contributed by atoms with Gasteiger partial charge in [-0.1, -0.05) is 6.07 Å². The topological polar surface area (TPSA) is 60.9 Å². The Labute approximate surface area is 124 Å². The van der Waals surface area contributed by atoms with Gasteiger partial charge in [-0.2, -0.15) is 0 Å². The van der Waals surface area contributed by atoms with Crippen LogP contribution in [0.15, 0.2) is 24.3 Å². The number of likely N-dealkylation sites (tertiary alicyclic amines) is 1. The second-order valence-corrected chi connectivity index (χ2v) is 5.68. The lowest BCUT2D eigenvalue weighted by molar-refractivity contribution is -0.117. The summed E-state index contributed by atoms with van der Waals surface area (Å²) in [5.74, 6) is 0.0639. The highest BCUT2D eigenvalue weighted by Crippen LogP contribution is 2.25. The fourth-order valence-electron chi connectivity index (χ4n) is 3.19. The zero-order valence-corrected chi connectivity index (χ0v) is 12.0. The highest BCUT2D eigenvalue weighted by molar-refractivity contribution is 5.99. The summed E-state index contributed by atoms with van der Waals surface area (Å²) < 4.78 is 0. The summed E-state index contributed by atoms with van der Waals surface area (Å²) in [5, 5.41) is 9.35. The molecule has 2 saturated heterocycles. The van der Waals surface area contributed by atoms with Crippen molar-refractivity contribution in [1.82, 2.24) is 4.90 Å². The van der Waals surface area contributed by atoms with Gasteiger partial charge in [-0.15, -0.1) is 0 Å². The smallest absolute Gasteiger partial charge is 0.254 e. The fraction of sp³-hybridized carbons (Fsp3) is 0.500. The van der Waals surface area contributed by atoms with Crippen LogP contribution in [0, 0.1) is 0 Å². The third kappa shape index (κ3) is 2.65. The highest BCUT2D eigenvalue weighted by Gasteiger charge is 2.29. The number of amides is 2. The second-order valence-electron chi connectivity index (χ2n) is 5.68. The second kappa shape index (κ2) is 5.85. The maximum absolute atomic E-state index is 12.6. The number of hydrogen-bond acceptors (Lipinski definition) is 3. The number of rotatable bonds is 3. The summed E-state index contributed by atoms with van der Waals surface area (Å²) in [5.41, 5.74) is 1.38. The van der Waals surface area contributed by atoms with Gasteiger partial charge in [0.05, 0.1) is 12.6 Å². The van der Waals surface area contributed by atoms with Gasteiger partial charge in [-0.05, 0) is 37.5 Å². The van der Waals surface area contributed by atoms with Crippen molar-refractivity contribution in [3.63, 3.8) is 0 Å². The molecule has 2 aliphatic heterocycles. The Morgan fingerprint density at radius 3 is 2.86 bits per heavy atom. The highest BCUT2D eigenvalue weighted by atomic mass is 16.3. The SMILES string of the molecule is O=C1CCCN1c1cccc(C(=O)N2CCC[C@@H]2CO)c1. The third-order valence-corrected chi connectivity index (χ3v) is 4.33. The van der Waals surface area contributed by atoms with E-state index in [1.54, 1.807) is 21.9 Å². The minimum atomic E-state index is -0.0745. The van der Waals surface area contributed by atoms with Gasteiger partial charge < -0.3 is 14.9 Å². The van der Waals surface area contributed by atoms with Crippen molar-refractivity contribution in [3.05, 3.63) is 29.8 Å². The molecule has 2 fully saturated rings. The van der Waals surface area contributed by atoms with Crippen LogP contribution in [0.1, 0.15) is 36.0 Å². The third-order valence-electron chi connectivity index (χ3n) is 4.33.